The van der Waals surface area contributed by atoms with E-state index in [9.17, 15) is 4.79 Å². The Kier molecular flexibility index (Phi) is 3.92. The fourth-order valence-corrected chi connectivity index (χ4v) is 3.28. The maximum atomic E-state index is 12.2. The summed E-state index contributed by atoms with van der Waals surface area (Å²) in [5.74, 6) is 0.452. The van der Waals surface area contributed by atoms with Crippen molar-refractivity contribution in [3.63, 3.8) is 0 Å². The number of methoxy groups -OCH3 is 1. The van der Waals surface area contributed by atoms with Gasteiger partial charge in [0.05, 0.1) is 17.7 Å². The molecule has 2 fully saturated rings. The number of aromatic nitrogens is 1. The lowest BCUT2D eigenvalue weighted by molar-refractivity contribution is -0.0810. The molecule has 1 saturated carbocycles. The zero-order valence-electron chi connectivity index (χ0n) is 11.2. The number of carbonyl (C=O) groups is 1. The molecule has 1 N–H and O–H groups in total. The van der Waals surface area contributed by atoms with E-state index in [4.69, 9.17) is 21.1 Å². The summed E-state index contributed by atoms with van der Waals surface area (Å²) in [5.41, 5.74) is 0.382. The Morgan fingerprint density at radius 1 is 1.60 bits per heavy atom. The monoisotopic (exact) mass is 296 g/mol. The molecule has 2 heterocycles. The van der Waals surface area contributed by atoms with Crippen molar-refractivity contribution in [3.8, 4) is 0 Å². The third-order valence-electron chi connectivity index (χ3n) is 4.14. The van der Waals surface area contributed by atoms with E-state index in [1.54, 1.807) is 19.2 Å². The molecular weight excluding hydrogens is 280 g/mol. The third kappa shape index (κ3) is 2.41. The topological polar surface area (TPSA) is 60.5 Å². The van der Waals surface area contributed by atoms with Crippen LogP contribution in [0.2, 0.25) is 5.02 Å². The Morgan fingerprint density at radius 2 is 2.45 bits per heavy atom. The second-order valence-corrected chi connectivity index (χ2v) is 5.70. The summed E-state index contributed by atoms with van der Waals surface area (Å²) < 4.78 is 10.9. The summed E-state index contributed by atoms with van der Waals surface area (Å²) in [7, 11) is 1.67. The van der Waals surface area contributed by atoms with E-state index in [0.29, 0.717) is 23.2 Å². The molecule has 0 spiro atoms. The van der Waals surface area contributed by atoms with Gasteiger partial charge in [0, 0.05) is 37.8 Å². The van der Waals surface area contributed by atoms with Crippen LogP contribution >= 0.6 is 11.6 Å². The Morgan fingerprint density at radius 3 is 3.15 bits per heavy atom. The smallest absolute Gasteiger partial charge is 0.270 e. The summed E-state index contributed by atoms with van der Waals surface area (Å²) in [5, 5.41) is 3.57. The van der Waals surface area contributed by atoms with Crippen LogP contribution in [0.4, 0.5) is 0 Å². The first-order chi connectivity index (χ1) is 9.70. The number of nitrogens with one attached hydrogen (secondary N) is 1. The van der Waals surface area contributed by atoms with Crippen molar-refractivity contribution in [2.75, 3.05) is 20.3 Å². The van der Waals surface area contributed by atoms with E-state index in [2.05, 4.69) is 10.3 Å². The van der Waals surface area contributed by atoms with E-state index in [-0.39, 0.29) is 24.0 Å². The van der Waals surface area contributed by atoms with E-state index in [1.165, 1.54) is 6.20 Å². The van der Waals surface area contributed by atoms with Crippen LogP contribution in [-0.2, 0) is 9.47 Å². The minimum absolute atomic E-state index is 0.104. The van der Waals surface area contributed by atoms with Gasteiger partial charge in [-0.15, -0.1) is 0 Å². The van der Waals surface area contributed by atoms with Crippen LogP contribution in [0.5, 0.6) is 0 Å². The number of amides is 1. The van der Waals surface area contributed by atoms with E-state index < -0.39 is 0 Å². The molecule has 2 aliphatic rings. The second kappa shape index (κ2) is 5.68. The minimum atomic E-state index is -0.168. The van der Waals surface area contributed by atoms with Gasteiger partial charge in [0.15, 0.2) is 0 Å². The number of fused-ring (bicyclic) bond motifs is 1. The molecule has 1 saturated heterocycles. The molecule has 1 aliphatic heterocycles. The van der Waals surface area contributed by atoms with Gasteiger partial charge in [-0.2, -0.15) is 0 Å². The second-order valence-electron chi connectivity index (χ2n) is 5.27. The van der Waals surface area contributed by atoms with Crippen LogP contribution in [0, 0.1) is 11.8 Å². The van der Waals surface area contributed by atoms with Gasteiger partial charge in [-0.3, -0.25) is 4.79 Å². The quantitative estimate of drug-likeness (QED) is 0.915. The predicted molar refractivity (Wildman–Crippen MR) is 73.7 cm³/mol. The molecule has 1 aromatic rings. The van der Waals surface area contributed by atoms with Gasteiger partial charge in [-0.1, -0.05) is 11.6 Å². The summed E-state index contributed by atoms with van der Waals surface area (Å²) in [6, 6.07) is 3.40. The van der Waals surface area contributed by atoms with Crippen molar-refractivity contribution in [1.82, 2.24) is 10.3 Å². The number of hydrogen-bond acceptors (Lipinski definition) is 4. The van der Waals surface area contributed by atoms with Crippen LogP contribution in [0.25, 0.3) is 0 Å². The van der Waals surface area contributed by atoms with Crippen LogP contribution in [0.3, 0.4) is 0 Å². The van der Waals surface area contributed by atoms with Crippen LogP contribution < -0.4 is 5.32 Å². The van der Waals surface area contributed by atoms with Crippen molar-refractivity contribution >= 4 is 17.5 Å². The molecule has 0 unspecified atom stereocenters. The van der Waals surface area contributed by atoms with E-state index in [1.807, 2.05) is 0 Å². The number of pyridine rings is 1. The van der Waals surface area contributed by atoms with Crippen molar-refractivity contribution < 1.29 is 14.3 Å². The molecule has 1 amide bonds. The fraction of sp³-hybridized carbons (Fsp3) is 0.571. The van der Waals surface area contributed by atoms with Crippen molar-refractivity contribution in [2.24, 2.45) is 11.8 Å². The van der Waals surface area contributed by atoms with Crippen molar-refractivity contribution in [3.05, 3.63) is 29.0 Å². The maximum absolute atomic E-state index is 12.2. The molecular formula is C14H17ClN2O3. The molecule has 5 nitrogen and oxygen atoms in total. The average Bonchev–Trinajstić information content (AvgIpc) is 2.87. The highest BCUT2D eigenvalue weighted by molar-refractivity contribution is 6.30. The number of rotatable bonds is 4. The van der Waals surface area contributed by atoms with E-state index >= 15 is 0 Å². The molecule has 20 heavy (non-hydrogen) atoms. The Hall–Kier alpha value is -1.17. The normalized spacial score (nSPS) is 31.5. The highest BCUT2D eigenvalue weighted by atomic mass is 35.5. The lowest BCUT2D eigenvalue weighted by atomic mass is 9.67. The molecule has 6 heteroatoms. The minimum Gasteiger partial charge on any atom is -0.384 e. The molecule has 0 radical (unpaired) electrons. The first kappa shape index (κ1) is 13.8. The molecule has 0 bridgehead atoms. The molecule has 0 aromatic carbocycles. The lowest BCUT2D eigenvalue weighted by Crippen LogP contribution is -2.62. The number of ether oxygens (including phenoxy) is 2. The van der Waals surface area contributed by atoms with Gasteiger partial charge < -0.3 is 14.8 Å². The zero-order chi connectivity index (χ0) is 14.1. The molecule has 108 valence electrons. The number of halogens is 1. The van der Waals surface area contributed by atoms with E-state index in [0.717, 1.165) is 13.0 Å². The highest BCUT2D eigenvalue weighted by Gasteiger charge is 2.54. The standard InChI is InChI=1S/C14H17ClN2O3/c1-19-7-10-12(9-4-5-20-13(9)10)17-14(18)11-3-2-8(15)6-16-11/h2-3,6,9-10,12-13H,4-5,7H2,1H3,(H,17,18)/t9-,10+,12+,13-/m1/s1. The highest BCUT2D eigenvalue weighted by Crippen LogP contribution is 2.43. The summed E-state index contributed by atoms with van der Waals surface area (Å²) in [6.07, 6.45) is 2.69. The van der Waals surface area contributed by atoms with Crippen LogP contribution in [0.15, 0.2) is 18.3 Å². The maximum Gasteiger partial charge on any atom is 0.270 e. The SMILES string of the molecule is COC[C@H]1[C@@H](NC(=O)c2ccc(Cl)cn2)[C@H]2CCO[C@H]21. The average molecular weight is 297 g/mol. The largest absolute Gasteiger partial charge is 0.384 e. The van der Waals surface area contributed by atoms with Gasteiger partial charge >= 0.3 is 0 Å². The lowest BCUT2D eigenvalue weighted by Gasteiger charge is -2.47. The molecule has 1 aliphatic carbocycles. The summed E-state index contributed by atoms with van der Waals surface area (Å²) >= 11 is 5.77. The Labute approximate surface area is 122 Å². The Bertz CT molecular complexity index is 494. The molecule has 1 aromatic heterocycles. The molecule has 4 atom stereocenters. The zero-order valence-corrected chi connectivity index (χ0v) is 12.0. The van der Waals surface area contributed by atoms with Crippen molar-refractivity contribution in [2.45, 2.75) is 18.6 Å². The number of carbonyl (C=O) groups excluding carboxylic acids is 1. The van der Waals surface area contributed by atoms with Gasteiger partial charge in [-0.05, 0) is 18.6 Å². The number of nitrogens with zero attached hydrogens (tertiary/aromatic N) is 1. The van der Waals surface area contributed by atoms with Gasteiger partial charge in [0.25, 0.3) is 5.91 Å². The third-order valence-corrected chi connectivity index (χ3v) is 4.37. The van der Waals surface area contributed by atoms with Gasteiger partial charge in [0.2, 0.25) is 0 Å². The van der Waals surface area contributed by atoms with Crippen LogP contribution in [-0.4, -0.2) is 43.4 Å². The molecule has 3 rings (SSSR count). The van der Waals surface area contributed by atoms with Gasteiger partial charge in [0.1, 0.15) is 5.69 Å². The fourth-order valence-electron chi connectivity index (χ4n) is 3.17. The Balaban J connectivity index is 1.67. The predicted octanol–water partition coefficient (Wildman–Crippen LogP) is 1.51. The van der Waals surface area contributed by atoms with Crippen molar-refractivity contribution in [1.29, 1.82) is 0 Å². The van der Waals surface area contributed by atoms with Gasteiger partial charge in [-0.25, -0.2) is 4.98 Å². The van der Waals surface area contributed by atoms with Crippen LogP contribution in [0.1, 0.15) is 16.9 Å². The first-order valence-electron chi connectivity index (χ1n) is 6.73. The summed E-state index contributed by atoms with van der Waals surface area (Å²) in [4.78, 5) is 16.2. The number of hydrogen-bond donors (Lipinski definition) is 1. The first-order valence-corrected chi connectivity index (χ1v) is 7.11. The summed E-state index contributed by atoms with van der Waals surface area (Å²) in [6.45, 7) is 1.36.